The minimum atomic E-state index is -1.01. The van der Waals surface area contributed by atoms with Crippen LogP contribution in [0.3, 0.4) is 0 Å². The van der Waals surface area contributed by atoms with E-state index in [2.05, 4.69) is 18.8 Å². The molecule has 1 atom stereocenters. The monoisotopic (exact) mass is 418 g/mol. The van der Waals surface area contributed by atoms with Crippen LogP contribution >= 0.6 is 11.6 Å². The number of aromatic nitrogens is 4. The smallest absolute Gasteiger partial charge is 0.332 e. The molecular formula is C21H27ClN4O3. The fraction of sp³-hybridized carbons (Fsp3) is 0.476. The van der Waals surface area contributed by atoms with Gasteiger partial charge in [0.15, 0.2) is 11.2 Å². The summed E-state index contributed by atoms with van der Waals surface area (Å²) in [5, 5.41) is 11.2. The first-order valence-corrected chi connectivity index (χ1v) is 10.2. The topological polar surface area (TPSA) is 82.1 Å². The molecule has 2 aromatic heterocycles. The Bertz CT molecular complexity index is 1110. The van der Waals surface area contributed by atoms with E-state index in [1.807, 2.05) is 13.8 Å². The standard InChI is InChI=1S/C21H27ClN4O3/c1-13(2)9-24-12-23-19-18(24)20(28)26(21(29)25(19)10-14(3)4)11-17(27)15-5-7-16(22)8-6-15/h5-8,12-14,17,27H,9-11H2,1-4H3. The van der Waals surface area contributed by atoms with E-state index < -0.39 is 17.4 Å². The van der Waals surface area contributed by atoms with Crippen LogP contribution in [0.5, 0.6) is 0 Å². The zero-order valence-electron chi connectivity index (χ0n) is 17.2. The molecule has 0 aliphatic rings. The van der Waals surface area contributed by atoms with Gasteiger partial charge in [0.05, 0.1) is 19.0 Å². The van der Waals surface area contributed by atoms with Gasteiger partial charge in [-0.3, -0.25) is 13.9 Å². The maximum absolute atomic E-state index is 13.2. The third-order valence-corrected chi connectivity index (χ3v) is 4.96. The Morgan fingerprint density at radius 3 is 2.17 bits per heavy atom. The van der Waals surface area contributed by atoms with E-state index in [1.54, 1.807) is 35.2 Å². The zero-order chi connectivity index (χ0) is 21.3. The lowest BCUT2D eigenvalue weighted by atomic mass is 10.1. The first-order valence-electron chi connectivity index (χ1n) is 9.81. The molecule has 7 nitrogen and oxygen atoms in total. The molecule has 1 aromatic carbocycles. The predicted molar refractivity (Wildman–Crippen MR) is 114 cm³/mol. The highest BCUT2D eigenvalue weighted by atomic mass is 35.5. The second kappa shape index (κ2) is 8.55. The number of rotatable bonds is 7. The van der Waals surface area contributed by atoms with Crippen LogP contribution in [-0.2, 0) is 19.6 Å². The lowest BCUT2D eigenvalue weighted by molar-refractivity contribution is 0.152. The Balaban J connectivity index is 2.15. The lowest BCUT2D eigenvalue weighted by Gasteiger charge is -2.17. The molecule has 1 unspecified atom stereocenters. The Morgan fingerprint density at radius 1 is 0.966 bits per heavy atom. The van der Waals surface area contributed by atoms with E-state index in [9.17, 15) is 14.7 Å². The second-order valence-electron chi connectivity index (χ2n) is 8.23. The highest BCUT2D eigenvalue weighted by molar-refractivity contribution is 6.30. The van der Waals surface area contributed by atoms with E-state index in [-0.39, 0.29) is 12.5 Å². The van der Waals surface area contributed by atoms with E-state index in [0.717, 1.165) is 4.57 Å². The Morgan fingerprint density at radius 2 is 1.59 bits per heavy atom. The molecule has 0 aliphatic carbocycles. The number of aliphatic hydroxyl groups is 1. The second-order valence-corrected chi connectivity index (χ2v) is 8.67. The van der Waals surface area contributed by atoms with Gasteiger partial charge in [-0.05, 0) is 29.5 Å². The Labute approximate surface area is 174 Å². The molecule has 0 aliphatic heterocycles. The first-order chi connectivity index (χ1) is 13.7. The molecule has 2 heterocycles. The van der Waals surface area contributed by atoms with Gasteiger partial charge in [-0.15, -0.1) is 0 Å². The Hall–Kier alpha value is -2.38. The Kier molecular flexibility index (Phi) is 6.29. The van der Waals surface area contributed by atoms with Crippen molar-refractivity contribution in [2.24, 2.45) is 11.8 Å². The minimum Gasteiger partial charge on any atom is -0.387 e. The summed E-state index contributed by atoms with van der Waals surface area (Å²) < 4.78 is 4.44. The van der Waals surface area contributed by atoms with Crippen molar-refractivity contribution in [3.8, 4) is 0 Å². The number of fused-ring (bicyclic) bond motifs is 1. The van der Waals surface area contributed by atoms with Gasteiger partial charge < -0.3 is 9.67 Å². The molecule has 0 bridgehead atoms. The van der Waals surface area contributed by atoms with Gasteiger partial charge in [0.1, 0.15) is 0 Å². The fourth-order valence-corrected chi connectivity index (χ4v) is 3.55. The third kappa shape index (κ3) is 4.46. The highest BCUT2D eigenvalue weighted by Gasteiger charge is 2.21. The van der Waals surface area contributed by atoms with Crippen molar-refractivity contribution >= 4 is 22.8 Å². The number of halogens is 1. The maximum Gasteiger partial charge on any atom is 0.332 e. The van der Waals surface area contributed by atoms with Crippen LogP contribution in [0.4, 0.5) is 0 Å². The van der Waals surface area contributed by atoms with Gasteiger partial charge in [-0.1, -0.05) is 51.4 Å². The predicted octanol–water partition coefficient (Wildman–Crippen LogP) is 3.06. The summed E-state index contributed by atoms with van der Waals surface area (Å²) in [5.41, 5.74) is 0.482. The van der Waals surface area contributed by atoms with Crippen molar-refractivity contribution in [2.45, 2.75) is 53.4 Å². The molecule has 0 fully saturated rings. The molecule has 29 heavy (non-hydrogen) atoms. The number of imidazole rings is 1. The van der Waals surface area contributed by atoms with Crippen LogP contribution in [0.25, 0.3) is 11.2 Å². The first kappa shape index (κ1) is 21.3. The van der Waals surface area contributed by atoms with Crippen molar-refractivity contribution in [3.63, 3.8) is 0 Å². The summed E-state index contributed by atoms with van der Waals surface area (Å²) in [4.78, 5) is 30.7. The average molecular weight is 419 g/mol. The molecule has 0 saturated heterocycles. The van der Waals surface area contributed by atoms with Crippen LogP contribution in [0, 0.1) is 11.8 Å². The van der Waals surface area contributed by atoms with E-state index in [0.29, 0.717) is 40.8 Å². The number of benzene rings is 1. The number of aliphatic hydroxyl groups excluding tert-OH is 1. The molecule has 3 aromatic rings. The highest BCUT2D eigenvalue weighted by Crippen LogP contribution is 2.18. The minimum absolute atomic E-state index is 0.139. The van der Waals surface area contributed by atoms with Crippen LogP contribution in [0.1, 0.15) is 39.4 Å². The zero-order valence-corrected chi connectivity index (χ0v) is 17.9. The molecule has 1 N–H and O–H groups in total. The van der Waals surface area contributed by atoms with E-state index in [4.69, 9.17) is 11.6 Å². The molecule has 8 heteroatoms. The lowest BCUT2D eigenvalue weighted by Crippen LogP contribution is -2.42. The number of hydrogen-bond acceptors (Lipinski definition) is 4. The number of hydrogen-bond donors (Lipinski definition) is 1. The third-order valence-electron chi connectivity index (χ3n) is 4.70. The summed E-state index contributed by atoms with van der Waals surface area (Å²) in [7, 11) is 0. The summed E-state index contributed by atoms with van der Waals surface area (Å²) >= 11 is 5.91. The van der Waals surface area contributed by atoms with Crippen LogP contribution in [-0.4, -0.2) is 23.8 Å². The molecule has 0 amide bonds. The van der Waals surface area contributed by atoms with Gasteiger partial charge in [-0.25, -0.2) is 9.78 Å². The van der Waals surface area contributed by atoms with E-state index >= 15 is 0 Å². The van der Waals surface area contributed by atoms with Gasteiger partial charge in [0, 0.05) is 18.1 Å². The molecule has 0 spiro atoms. The summed E-state index contributed by atoms with van der Waals surface area (Å²) in [5.74, 6) is 0.503. The largest absolute Gasteiger partial charge is 0.387 e. The fourth-order valence-electron chi connectivity index (χ4n) is 3.42. The average Bonchev–Trinajstić information content (AvgIpc) is 3.05. The molecular weight excluding hydrogens is 392 g/mol. The quantitative estimate of drug-likeness (QED) is 0.639. The van der Waals surface area contributed by atoms with Crippen molar-refractivity contribution in [3.05, 3.63) is 62.0 Å². The summed E-state index contributed by atoms with van der Waals surface area (Å²) in [6.45, 7) is 9.03. The normalized spacial score (nSPS) is 13.0. The number of nitrogens with zero attached hydrogens (tertiary/aromatic N) is 4. The van der Waals surface area contributed by atoms with Crippen molar-refractivity contribution < 1.29 is 5.11 Å². The molecule has 3 rings (SSSR count). The molecule has 156 valence electrons. The van der Waals surface area contributed by atoms with Crippen molar-refractivity contribution in [2.75, 3.05) is 0 Å². The van der Waals surface area contributed by atoms with Crippen LogP contribution < -0.4 is 11.2 Å². The van der Waals surface area contributed by atoms with Crippen molar-refractivity contribution in [1.82, 2.24) is 18.7 Å². The van der Waals surface area contributed by atoms with E-state index in [1.165, 1.54) is 4.57 Å². The SMILES string of the molecule is CC(C)Cn1cnc2c1c(=O)n(CC(O)c1ccc(Cl)cc1)c(=O)n2CC(C)C. The van der Waals surface area contributed by atoms with Crippen LogP contribution in [0.2, 0.25) is 5.02 Å². The van der Waals surface area contributed by atoms with Crippen LogP contribution in [0.15, 0.2) is 40.2 Å². The van der Waals surface area contributed by atoms with Gasteiger partial charge >= 0.3 is 5.69 Å². The molecule has 0 saturated carbocycles. The van der Waals surface area contributed by atoms with Gasteiger partial charge in [-0.2, -0.15) is 0 Å². The molecule has 0 radical (unpaired) electrons. The van der Waals surface area contributed by atoms with Gasteiger partial charge in [0.2, 0.25) is 0 Å². The summed E-state index contributed by atoms with van der Waals surface area (Å²) in [6.07, 6.45) is 0.603. The summed E-state index contributed by atoms with van der Waals surface area (Å²) in [6, 6.07) is 6.71. The van der Waals surface area contributed by atoms with Gasteiger partial charge in [0.25, 0.3) is 5.56 Å². The maximum atomic E-state index is 13.2. The van der Waals surface area contributed by atoms with Crippen molar-refractivity contribution in [1.29, 1.82) is 0 Å².